The molecule has 1 aliphatic rings. The number of aromatic nitrogens is 4. The van der Waals surface area contributed by atoms with Crippen molar-refractivity contribution in [3.63, 3.8) is 0 Å². The Morgan fingerprint density at radius 3 is 2.89 bits per heavy atom. The maximum Gasteiger partial charge on any atom is 0.234 e. The first kappa shape index (κ1) is 16.2. The standard InChI is InChI=1S/C21H21N5O/c1-15-13-17(24-27-15)18-9-5-11-25(18)14-19-20(16-7-3-2-4-8-16)23-21-22-10-6-12-26(19)21/h2-4,6-8,10,12-13,18H,5,9,11,14H2,1H3/t18-/m1/s1. The topological polar surface area (TPSA) is 59.5 Å². The molecule has 3 aromatic heterocycles. The minimum Gasteiger partial charge on any atom is -0.361 e. The number of imidazole rings is 1. The Morgan fingerprint density at radius 1 is 1.19 bits per heavy atom. The summed E-state index contributed by atoms with van der Waals surface area (Å²) in [7, 11) is 0. The van der Waals surface area contributed by atoms with Gasteiger partial charge in [0.1, 0.15) is 11.5 Å². The third-order valence-corrected chi connectivity index (χ3v) is 5.25. The van der Waals surface area contributed by atoms with Gasteiger partial charge in [-0.1, -0.05) is 35.5 Å². The summed E-state index contributed by atoms with van der Waals surface area (Å²) in [6.07, 6.45) is 6.09. The van der Waals surface area contributed by atoms with Gasteiger partial charge in [-0.2, -0.15) is 0 Å². The molecule has 27 heavy (non-hydrogen) atoms. The van der Waals surface area contributed by atoms with Gasteiger partial charge < -0.3 is 4.52 Å². The zero-order chi connectivity index (χ0) is 18.2. The van der Waals surface area contributed by atoms with E-state index in [1.54, 1.807) is 6.20 Å². The molecule has 6 heteroatoms. The number of fused-ring (bicyclic) bond motifs is 1. The third-order valence-electron chi connectivity index (χ3n) is 5.25. The molecule has 0 bridgehead atoms. The second kappa shape index (κ2) is 6.63. The normalized spacial score (nSPS) is 17.7. The van der Waals surface area contributed by atoms with E-state index in [-0.39, 0.29) is 6.04 Å². The number of aryl methyl sites for hydroxylation is 1. The van der Waals surface area contributed by atoms with E-state index >= 15 is 0 Å². The largest absolute Gasteiger partial charge is 0.361 e. The fraction of sp³-hybridized carbons (Fsp3) is 0.286. The molecule has 1 saturated heterocycles. The number of likely N-dealkylation sites (tertiary alicyclic amines) is 1. The van der Waals surface area contributed by atoms with Crippen LogP contribution in [0.2, 0.25) is 0 Å². The van der Waals surface area contributed by atoms with Crippen LogP contribution in [-0.2, 0) is 6.54 Å². The fourth-order valence-electron chi connectivity index (χ4n) is 4.00. The molecule has 136 valence electrons. The highest BCUT2D eigenvalue weighted by Crippen LogP contribution is 2.34. The van der Waals surface area contributed by atoms with Crippen LogP contribution in [0.15, 0.2) is 59.4 Å². The molecule has 5 rings (SSSR count). The molecule has 1 fully saturated rings. The van der Waals surface area contributed by atoms with Crippen molar-refractivity contribution in [2.24, 2.45) is 0 Å². The van der Waals surface area contributed by atoms with Gasteiger partial charge in [0.05, 0.1) is 17.4 Å². The lowest BCUT2D eigenvalue weighted by Crippen LogP contribution is -2.24. The maximum absolute atomic E-state index is 5.32. The summed E-state index contributed by atoms with van der Waals surface area (Å²) < 4.78 is 7.42. The Balaban J connectivity index is 1.56. The first-order valence-corrected chi connectivity index (χ1v) is 9.34. The third kappa shape index (κ3) is 2.92. The van der Waals surface area contributed by atoms with E-state index in [0.29, 0.717) is 0 Å². The predicted molar refractivity (Wildman–Crippen MR) is 102 cm³/mol. The molecule has 4 heterocycles. The van der Waals surface area contributed by atoms with E-state index in [1.165, 1.54) is 0 Å². The Bertz CT molecular complexity index is 1070. The van der Waals surface area contributed by atoms with Crippen molar-refractivity contribution < 1.29 is 4.52 Å². The highest BCUT2D eigenvalue weighted by Gasteiger charge is 2.30. The Morgan fingerprint density at radius 2 is 2.07 bits per heavy atom. The first-order chi connectivity index (χ1) is 13.3. The summed E-state index contributed by atoms with van der Waals surface area (Å²) in [5, 5.41) is 4.27. The Hall–Kier alpha value is -2.99. The van der Waals surface area contributed by atoms with Crippen molar-refractivity contribution >= 4 is 5.78 Å². The lowest BCUT2D eigenvalue weighted by Gasteiger charge is -2.23. The predicted octanol–water partition coefficient (Wildman–Crippen LogP) is 4.03. The molecule has 0 spiro atoms. The van der Waals surface area contributed by atoms with Crippen LogP contribution in [0.1, 0.15) is 36.0 Å². The van der Waals surface area contributed by atoms with Gasteiger partial charge in [-0.15, -0.1) is 0 Å². The first-order valence-electron chi connectivity index (χ1n) is 9.34. The number of hydrogen-bond acceptors (Lipinski definition) is 5. The molecule has 4 aromatic rings. The van der Waals surface area contributed by atoms with Crippen molar-refractivity contribution in [2.75, 3.05) is 6.54 Å². The monoisotopic (exact) mass is 359 g/mol. The second-order valence-corrected chi connectivity index (χ2v) is 7.05. The minimum atomic E-state index is 0.285. The van der Waals surface area contributed by atoms with E-state index < -0.39 is 0 Å². The quantitative estimate of drug-likeness (QED) is 0.551. The molecule has 1 aliphatic heterocycles. The van der Waals surface area contributed by atoms with Gasteiger partial charge in [0.15, 0.2) is 0 Å². The van der Waals surface area contributed by atoms with Crippen LogP contribution in [0.4, 0.5) is 0 Å². The molecule has 0 unspecified atom stereocenters. The van der Waals surface area contributed by atoms with E-state index in [0.717, 1.165) is 60.1 Å². The van der Waals surface area contributed by atoms with Crippen molar-refractivity contribution in [1.29, 1.82) is 0 Å². The average Bonchev–Trinajstić information content (AvgIpc) is 3.42. The molecule has 0 aliphatic carbocycles. The van der Waals surface area contributed by atoms with Crippen molar-refractivity contribution in [1.82, 2.24) is 24.4 Å². The number of nitrogens with zero attached hydrogens (tertiary/aromatic N) is 5. The van der Waals surface area contributed by atoms with Crippen LogP contribution < -0.4 is 0 Å². The van der Waals surface area contributed by atoms with Crippen LogP contribution >= 0.6 is 0 Å². The smallest absolute Gasteiger partial charge is 0.234 e. The Labute approximate surface area is 157 Å². The van der Waals surface area contributed by atoms with Crippen LogP contribution in [0.25, 0.3) is 17.0 Å². The fourth-order valence-corrected chi connectivity index (χ4v) is 4.00. The highest BCUT2D eigenvalue weighted by atomic mass is 16.5. The number of rotatable bonds is 4. The minimum absolute atomic E-state index is 0.285. The summed E-state index contributed by atoms with van der Waals surface area (Å²) in [4.78, 5) is 11.7. The zero-order valence-electron chi connectivity index (χ0n) is 15.2. The molecule has 1 atom stereocenters. The van der Waals surface area contributed by atoms with Gasteiger partial charge in [-0.3, -0.25) is 9.30 Å². The van der Waals surface area contributed by atoms with Gasteiger partial charge in [-0.05, 0) is 32.4 Å². The molecular weight excluding hydrogens is 338 g/mol. The van der Waals surface area contributed by atoms with Crippen molar-refractivity contribution in [2.45, 2.75) is 32.4 Å². The summed E-state index contributed by atoms with van der Waals surface area (Å²) in [5.74, 6) is 1.60. The zero-order valence-corrected chi connectivity index (χ0v) is 15.2. The van der Waals surface area contributed by atoms with Crippen LogP contribution in [0, 0.1) is 6.92 Å². The molecule has 0 amide bonds. The lowest BCUT2D eigenvalue weighted by atomic mass is 10.1. The molecule has 6 nitrogen and oxygen atoms in total. The maximum atomic E-state index is 5.32. The summed E-state index contributed by atoms with van der Waals surface area (Å²) in [6, 6.07) is 14.6. The Kier molecular flexibility index (Phi) is 3.98. The summed E-state index contributed by atoms with van der Waals surface area (Å²) in [5.41, 5.74) is 4.30. The van der Waals surface area contributed by atoms with Crippen molar-refractivity contribution in [3.8, 4) is 11.3 Å². The van der Waals surface area contributed by atoms with Crippen molar-refractivity contribution in [3.05, 3.63) is 72.0 Å². The molecule has 0 N–H and O–H groups in total. The van der Waals surface area contributed by atoms with Gasteiger partial charge in [0.25, 0.3) is 0 Å². The average molecular weight is 359 g/mol. The van der Waals surface area contributed by atoms with Crippen LogP contribution in [-0.4, -0.2) is 31.0 Å². The number of benzene rings is 1. The molecule has 0 radical (unpaired) electrons. The van der Waals surface area contributed by atoms with Crippen LogP contribution in [0.5, 0.6) is 0 Å². The summed E-state index contributed by atoms with van der Waals surface area (Å²) >= 11 is 0. The van der Waals surface area contributed by atoms with E-state index in [1.807, 2.05) is 37.4 Å². The van der Waals surface area contributed by atoms with E-state index in [2.05, 4.69) is 37.6 Å². The number of hydrogen-bond donors (Lipinski definition) is 0. The molecule has 0 saturated carbocycles. The molecule has 1 aromatic carbocycles. The summed E-state index contributed by atoms with van der Waals surface area (Å²) in [6.45, 7) is 3.78. The van der Waals surface area contributed by atoms with E-state index in [4.69, 9.17) is 9.51 Å². The van der Waals surface area contributed by atoms with Gasteiger partial charge >= 0.3 is 0 Å². The van der Waals surface area contributed by atoms with E-state index in [9.17, 15) is 0 Å². The second-order valence-electron chi connectivity index (χ2n) is 7.05. The van der Waals surface area contributed by atoms with Crippen LogP contribution in [0.3, 0.4) is 0 Å². The van der Waals surface area contributed by atoms with Gasteiger partial charge in [-0.25, -0.2) is 9.97 Å². The molecular formula is C21H21N5O. The lowest BCUT2D eigenvalue weighted by molar-refractivity contribution is 0.234. The SMILES string of the molecule is Cc1cc([C@H]2CCCN2Cc2c(-c3ccccc3)nc3ncccn23)no1. The highest BCUT2D eigenvalue weighted by molar-refractivity contribution is 5.65. The van der Waals surface area contributed by atoms with Gasteiger partial charge in [0.2, 0.25) is 5.78 Å². The van der Waals surface area contributed by atoms with Gasteiger partial charge in [0, 0.05) is 30.6 Å².